The lowest BCUT2D eigenvalue weighted by Crippen LogP contribution is -2.09. The molecule has 0 spiro atoms. The highest BCUT2D eigenvalue weighted by molar-refractivity contribution is 5.04. The number of hydrogen-bond acceptors (Lipinski definition) is 0. The van der Waals surface area contributed by atoms with Gasteiger partial charge in [0.1, 0.15) is 0 Å². The van der Waals surface area contributed by atoms with Crippen LogP contribution in [0.3, 0.4) is 0 Å². The second-order valence-electron chi connectivity index (χ2n) is 4.50. The summed E-state index contributed by atoms with van der Waals surface area (Å²) < 4.78 is 0. The minimum absolute atomic E-state index is 0.568. The highest BCUT2D eigenvalue weighted by Crippen LogP contribution is 2.36. The van der Waals surface area contributed by atoms with Crippen LogP contribution in [-0.4, -0.2) is 0 Å². The molecule has 1 saturated carbocycles. The van der Waals surface area contributed by atoms with E-state index in [1.165, 1.54) is 32.1 Å². The Balaban J connectivity index is 2.61. The summed E-state index contributed by atoms with van der Waals surface area (Å²) in [7, 11) is 0. The van der Waals surface area contributed by atoms with Crippen LogP contribution in [0.2, 0.25) is 0 Å². The van der Waals surface area contributed by atoms with Gasteiger partial charge in [-0.2, -0.15) is 0 Å². The Morgan fingerprint density at radius 3 is 2.64 bits per heavy atom. The molecule has 0 heteroatoms. The zero-order valence-corrected chi connectivity index (χ0v) is 8.11. The Morgan fingerprint density at radius 1 is 1.27 bits per heavy atom. The maximum atomic E-state index is 2.39. The van der Waals surface area contributed by atoms with E-state index in [9.17, 15) is 0 Å². The topological polar surface area (TPSA) is 0 Å². The summed E-state index contributed by atoms with van der Waals surface area (Å²) in [4.78, 5) is 0. The first-order valence-electron chi connectivity index (χ1n) is 4.78. The van der Waals surface area contributed by atoms with Crippen molar-refractivity contribution in [1.82, 2.24) is 0 Å². The van der Waals surface area contributed by atoms with Crippen LogP contribution in [0.15, 0.2) is 11.6 Å². The Hall–Kier alpha value is -0.260. The molecule has 0 aromatic rings. The van der Waals surface area contributed by atoms with Crippen molar-refractivity contribution in [1.29, 1.82) is 0 Å². The average Bonchev–Trinajstić information content (AvgIpc) is 2.10. The molecule has 0 unspecified atom stereocenters. The molecule has 0 nitrogen and oxygen atoms in total. The normalized spacial score (nSPS) is 28.5. The van der Waals surface area contributed by atoms with Crippen molar-refractivity contribution in [2.24, 2.45) is 5.41 Å². The standard InChI is InChI=1S/C11H20/c1-4-10-7-5-6-8-11(2,3)9-10/h4H,5-9H2,1-3H3/b10-4-. The molecule has 0 saturated heterocycles. The lowest BCUT2D eigenvalue weighted by atomic mass is 9.83. The Labute approximate surface area is 70.7 Å². The lowest BCUT2D eigenvalue weighted by Gasteiger charge is -2.22. The number of allylic oxidation sites excluding steroid dienone is 2. The fourth-order valence-electron chi connectivity index (χ4n) is 1.99. The van der Waals surface area contributed by atoms with Crippen LogP contribution in [-0.2, 0) is 0 Å². The largest absolute Gasteiger partial charge is 0.0884 e. The van der Waals surface area contributed by atoms with Gasteiger partial charge in [-0.3, -0.25) is 0 Å². The molecule has 1 aliphatic carbocycles. The van der Waals surface area contributed by atoms with Crippen LogP contribution in [0.1, 0.15) is 52.9 Å². The molecule has 1 fully saturated rings. The summed E-state index contributed by atoms with van der Waals surface area (Å²) in [5.74, 6) is 0. The minimum atomic E-state index is 0.568. The molecule has 0 heterocycles. The summed E-state index contributed by atoms with van der Waals surface area (Å²) in [6.07, 6.45) is 9.22. The molecule has 64 valence electrons. The fourth-order valence-corrected chi connectivity index (χ4v) is 1.99. The highest BCUT2D eigenvalue weighted by atomic mass is 14.3. The van der Waals surface area contributed by atoms with Crippen LogP contribution in [0.25, 0.3) is 0 Å². The van der Waals surface area contributed by atoms with Gasteiger partial charge >= 0.3 is 0 Å². The van der Waals surface area contributed by atoms with Gasteiger partial charge in [0.25, 0.3) is 0 Å². The molecular weight excluding hydrogens is 132 g/mol. The quantitative estimate of drug-likeness (QED) is 0.364. The third kappa shape index (κ3) is 2.69. The molecule has 1 rings (SSSR count). The van der Waals surface area contributed by atoms with Crippen molar-refractivity contribution in [2.45, 2.75) is 52.9 Å². The summed E-state index contributed by atoms with van der Waals surface area (Å²) in [6.45, 7) is 6.96. The van der Waals surface area contributed by atoms with Crippen LogP contribution in [0.4, 0.5) is 0 Å². The van der Waals surface area contributed by atoms with Gasteiger partial charge in [0, 0.05) is 0 Å². The maximum absolute atomic E-state index is 2.39. The molecule has 1 aliphatic rings. The van der Waals surface area contributed by atoms with E-state index in [1.807, 2.05) is 0 Å². The van der Waals surface area contributed by atoms with Crippen molar-refractivity contribution in [3.8, 4) is 0 Å². The van der Waals surface area contributed by atoms with Crippen molar-refractivity contribution < 1.29 is 0 Å². The van der Waals surface area contributed by atoms with Gasteiger partial charge in [0.2, 0.25) is 0 Å². The van der Waals surface area contributed by atoms with Gasteiger partial charge in [-0.05, 0) is 38.0 Å². The zero-order chi connectivity index (χ0) is 8.32. The first kappa shape index (κ1) is 8.83. The lowest BCUT2D eigenvalue weighted by molar-refractivity contribution is 0.336. The predicted octanol–water partition coefficient (Wildman–Crippen LogP) is 3.92. The van der Waals surface area contributed by atoms with Crippen LogP contribution in [0, 0.1) is 5.41 Å². The third-order valence-corrected chi connectivity index (χ3v) is 2.72. The van der Waals surface area contributed by atoms with Crippen molar-refractivity contribution in [3.05, 3.63) is 11.6 Å². The van der Waals surface area contributed by atoms with Crippen molar-refractivity contribution >= 4 is 0 Å². The SMILES string of the molecule is C/C=C1/CCCCC(C)(C)C1. The predicted molar refractivity (Wildman–Crippen MR) is 50.6 cm³/mol. The molecule has 0 atom stereocenters. The molecule has 0 radical (unpaired) electrons. The van der Waals surface area contributed by atoms with Crippen LogP contribution >= 0.6 is 0 Å². The van der Waals surface area contributed by atoms with Gasteiger partial charge in [-0.1, -0.05) is 31.9 Å². The van der Waals surface area contributed by atoms with Crippen LogP contribution < -0.4 is 0 Å². The van der Waals surface area contributed by atoms with E-state index in [0.717, 1.165) is 0 Å². The maximum Gasteiger partial charge on any atom is -0.0269 e. The average molecular weight is 152 g/mol. The zero-order valence-electron chi connectivity index (χ0n) is 8.11. The highest BCUT2D eigenvalue weighted by Gasteiger charge is 2.21. The summed E-state index contributed by atoms with van der Waals surface area (Å²) in [5.41, 5.74) is 2.24. The Bertz CT molecular complexity index is 151. The van der Waals surface area contributed by atoms with Gasteiger partial charge in [-0.25, -0.2) is 0 Å². The number of rotatable bonds is 0. The molecule has 0 amide bonds. The van der Waals surface area contributed by atoms with E-state index in [-0.39, 0.29) is 0 Å². The van der Waals surface area contributed by atoms with E-state index in [1.54, 1.807) is 5.57 Å². The summed E-state index contributed by atoms with van der Waals surface area (Å²) >= 11 is 0. The van der Waals surface area contributed by atoms with Crippen LogP contribution in [0.5, 0.6) is 0 Å². The van der Waals surface area contributed by atoms with Gasteiger partial charge < -0.3 is 0 Å². The Kier molecular flexibility index (Phi) is 2.75. The smallest absolute Gasteiger partial charge is 0.0269 e. The van der Waals surface area contributed by atoms with E-state index >= 15 is 0 Å². The molecule has 11 heavy (non-hydrogen) atoms. The molecule has 0 N–H and O–H groups in total. The second-order valence-corrected chi connectivity index (χ2v) is 4.50. The number of hydrogen-bond donors (Lipinski definition) is 0. The van der Waals surface area contributed by atoms with E-state index < -0.39 is 0 Å². The van der Waals surface area contributed by atoms with Gasteiger partial charge in [0.15, 0.2) is 0 Å². The summed E-state index contributed by atoms with van der Waals surface area (Å²) in [5, 5.41) is 0. The molecule has 0 bridgehead atoms. The summed E-state index contributed by atoms with van der Waals surface area (Å²) in [6, 6.07) is 0. The fraction of sp³-hybridized carbons (Fsp3) is 0.818. The van der Waals surface area contributed by atoms with E-state index in [0.29, 0.717) is 5.41 Å². The Morgan fingerprint density at radius 2 is 2.00 bits per heavy atom. The van der Waals surface area contributed by atoms with Crippen molar-refractivity contribution in [3.63, 3.8) is 0 Å². The third-order valence-electron chi connectivity index (χ3n) is 2.72. The molecule has 0 aliphatic heterocycles. The molecule has 0 aromatic heterocycles. The van der Waals surface area contributed by atoms with Crippen molar-refractivity contribution in [2.75, 3.05) is 0 Å². The van der Waals surface area contributed by atoms with E-state index in [4.69, 9.17) is 0 Å². The van der Waals surface area contributed by atoms with Gasteiger partial charge in [0.05, 0.1) is 0 Å². The first-order valence-corrected chi connectivity index (χ1v) is 4.78. The molecular formula is C11H20. The van der Waals surface area contributed by atoms with E-state index in [2.05, 4.69) is 26.8 Å². The first-order chi connectivity index (χ1) is 5.14. The second kappa shape index (κ2) is 3.42. The monoisotopic (exact) mass is 152 g/mol. The minimum Gasteiger partial charge on any atom is -0.0884 e. The molecule has 0 aromatic carbocycles. The van der Waals surface area contributed by atoms with Gasteiger partial charge in [-0.15, -0.1) is 0 Å².